The molecule has 1 aliphatic rings. The van der Waals surface area contributed by atoms with Crippen LogP contribution in [0.2, 0.25) is 0 Å². The highest BCUT2D eigenvalue weighted by molar-refractivity contribution is 5.96. The van der Waals surface area contributed by atoms with E-state index >= 15 is 0 Å². The molecule has 0 spiro atoms. The number of nitrogens with zero attached hydrogens (tertiary/aromatic N) is 3. The highest BCUT2D eigenvalue weighted by Crippen LogP contribution is 2.32. The molecule has 1 fully saturated rings. The van der Waals surface area contributed by atoms with E-state index in [1.807, 2.05) is 18.1 Å². The number of carbonyl (C=O) groups is 2. The van der Waals surface area contributed by atoms with E-state index < -0.39 is 18.0 Å². The lowest BCUT2D eigenvalue weighted by atomic mass is 10.0. The molecular formula is C24H27N3O4. The largest absolute Gasteiger partial charge is 0.480 e. The van der Waals surface area contributed by atoms with Crippen LogP contribution in [0, 0.1) is 13.8 Å². The smallest absolute Gasteiger partial charge is 0.335 e. The van der Waals surface area contributed by atoms with Gasteiger partial charge in [0.15, 0.2) is 0 Å². The summed E-state index contributed by atoms with van der Waals surface area (Å²) in [6.07, 6.45) is 1.81. The zero-order chi connectivity index (χ0) is 22.3. The molecule has 0 aliphatic carbocycles. The fourth-order valence-electron chi connectivity index (χ4n) is 4.63. The van der Waals surface area contributed by atoms with Crippen LogP contribution >= 0.6 is 0 Å². The van der Waals surface area contributed by atoms with Crippen LogP contribution in [0.25, 0.3) is 10.9 Å². The Morgan fingerprint density at radius 2 is 1.68 bits per heavy atom. The highest BCUT2D eigenvalue weighted by atomic mass is 16.4. The van der Waals surface area contributed by atoms with Crippen LogP contribution in [0.1, 0.15) is 33.1 Å². The molecule has 0 amide bonds. The summed E-state index contributed by atoms with van der Waals surface area (Å²) >= 11 is 0. The Hall–Kier alpha value is -3.32. The molecule has 1 aromatic heterocycles. The maximum Gasteiger partial charge on any atom is 0.335 e. The van der Waals surface area contributed by atoms with Crippen molar-refractivity contribution in [2.24, 2.45) is 7.05 Å². The summed E-state index contributed by atoms with van der Waals surface area (Å²) in [4.78, 5) is 28.0. The summed E-state index contributed by atoms with van der Waals surface area (Å²) < 4.78 is 1.80. The predicted molar refractivity (Wildman–Crippen MR) is 120 cm³/mol. The minimum Gasteiger partial charge on any atom is -0.480 e. The third-order valence-corrected chi connectivity index (χ3v) is 6.17. The van der Waals surface area contributed by atoms with Crippen molar-refractivity contribution in [3.8, 4) is 0 Å². The molecule has 0 saturated carbocycles. The first-order valence-corrected chi connectivity index (χ1v) is 10.4. The number of carboxylic acid groups (broad SMARTS) is 2. The predicted octanol–water partition coefficient (Wildman–Crippen LogP) is 3.44. The Bertz CT molecular complexity index is 1160. The SMILES string of the molecule is Cc1ccc(N2CCN([C@@H](C(=O)O)c3cn(C)c4cc(C(=O)O)ccc34)CC2)c(C)c1. The standard InChI is InChI=1S/C24H27N3O4/c1-15-4-7-20(16(2)12-15)26-8-10-27(11-9-26)22(24(30)31)19-14-25(3)21-13-17(23(28)29)5-6-18(19)21/h4-7,12-14,22H,8-11H2,1-3H3,(H,28,29)(H,30,31)/t22-/m1/s1. The van der Waals surface area contributed by atoms with Gasteiger partial charge in [-0.15, -0.1) is 0 Å². The van der Waals surface area contributed by atoms with Crippen molar-refractivity contribution in [3.63, 3.8) is 0 Å². The number of benzene rings is 2. The maximum atomic E-state index is 12.3. The first-order chi connectivity index (χ1) is 14.8. The minimum absolute atomic E-state index is 0.189. The van der Waals surface area contributed by atoms with Gasteiger partial charge in [-0.2, -0.15) is 0 Å². The molecule has 2 heterocycles. The van der Waals surface area contributed by atoms with Gasteiger partial charge in [-0.25, -0.2) is 4.79 Å². The van der Waals surface area contributed by atoms with Crippen LogP contribution in [-0.4, -0.2) is 57.8 Å². The van der Waals surface area contributed by atoms with Gasteiger partial charge in [0.05, 0.1) is 5.56 Å². The molecule has 0 unspecified atom stereocenters. The number of carboxylic acids is 2. The van der Waals surface area contributed by atoms with Crippen LogP contribution in [0.5, 0.6) is 0 Å². The molecule has 4 rings (SSSR count). The molecule has 7 nitrogen and oxygen atoms in total. The lowest BCUT2D eigenvalue weighted by Crippen LogP contribution is -2.49. The lowest BCUT2D eigenvalue weighted by Gasteiger charge is -2.39. The average molecular weight is 421 g/mol. The Morgan fingerprint density at radius 3 is 2.29 bits per heavy atom. The minimum atomic E-state index is -0.998. The first-order valence-electron chi connectivity index (χ1n) is 10.4. The van der Waals surface area contributed by atoms with E-state index in [9.17, 15) is 19.8 Å². The number of hydrogen-bond acceptors (Lipinski definition) is 4. The van der Waals surface area contributed by atoms with E-state index in [4.69, 9.17) is 0 Å². The summed E-state index contributed by atoms with van der Waals surface area (Å²) in [6.45, 7) is 6.96. The number of aliphatic carboxylic acids is 1. The van der Waals surface area contributed by atoms with Gasteiger partial charge in [-0.3, -0.25) is 9.69 Å². The molecule has 2 N–H and O–H groups in total. The number of fused-ring (bicyclic) bond motifs is 1. The molecule has 1 saturated heterocycles. The molecule has 2 aromatic carbocycles. The first kappa shape index (κ1) is 20.9. The second kappa shape index (κ2) is 8.07. The summed E-state index contributed by atoms with van der Waals surface area (Å²) in [5.41, 5.74) is 5.26. The Labute approximate surface area is 181 Å². The second-order valence-electron chi connectivity index (χ2n) is 8.29. The third-order valence-electron chi connectivity index (χ3n) is 6.17. The monoisotopic (exact) mass is 421 g/mol. The summed E-state index contributed by atoms with van der Waals surface area (Å²) in [5.74, 6) is -1.89. The molecule has 3 aromatic rings. The number of anilines is 1. The van der Waals surface area contributed by atoms with E-state index in [0.717, 1.165) is 24.0 Å². The lowest BCUT2D eigenvalue weighted by molar-refractivity contribution is -0.143. The van der Waals surface area contributed by atoms with E-state index in [-0.39, 0.29) is 5.56 Å². The quantitative estimate of drug-likeness (QED) is 0.656. The molecule has 0 radical (unpaired) electrons. The molecule has 7 heteroatoms. The summed E-state index contributed by atoms with van der Waals surface area (Å²) in [5, 5.41) is 20.1. The van der Waals surface area contributed by atoms with Crippen LogP contribution < -0.4 is 4.90 Å². The second-order valence-corrected chi connectivity index (χ2v) is 8.29. The summed E-state index contributed by atoms with van der Waals surface area (Å²) in [7, 11) is 1.81. The van der Waals surface area contributed by atoms with E-state index in [0.29, 0.717) is 18.7 Å². The Morgan fingerprint density at radius 1 is 0.968 bits per heavy atom. The normalized spacial score (nSPS) is 15.9. The van der Waals surface area contributed by atoms with Crippen molar-refractivity contribution in [3.05, 3.63) is 64.8 Å². The van der Waals surface area contributed by atoms with Crippen molar-refractivity contribution in [2.45, 2.75) is 19.9 Å². The number of piperazine rings is 1. The molecule has 31 heavy (non-hydrogen) atoms. The van der Waals surface area contributed by atoms with Crippen molar-refractivity contribution < 1.29 is 19.8 Å². The van der Waals surface area contributed by atoms with E-state index in [1.165, 1.54) is 22.9 Å². The van der Waals surface area contributed by atoms with Crippen LogP contribution in [0.4, 0.5) is 5.69 Å². The zero-order valence-corrected chi connectivity index (χ0v) is 18.0. The van der Waals surface area contributed by atoms with E-state index in [1.54, 1.807) is 16.7 Å². The Balaban J connectivity index is 1.61. The fraction of sp³-hybridized carbons (Fsp3) is 0.333. The fourth-order valence-corrected chi connectivity index (χ4v) is 4.63. The molecule has 0 bridgehead atoms. The maximum absolute atomic E-state index is 12.3. The number of aromatic carboxylic acids is 1. The average Bonchev–Trinajstić information content (AvgIpc) is 3.04. The van der Waals surface area contributed by atoms with Gasteiger partial charge in [0.2, 0.25) is 0 Å². The topological polar surface area (TPSA) is 86.0 Å². The van der Waals surface area contributed by atoms with Crippen molar-refractivity contribution in [1.82, 2.24) is 9.47 Å². The number of hydrogen-bond donors (Lipinski definition) is 2. The van der Waals surface area contributed by atoms with E-state index in [2.05, 4.69) is 36.9 Å². The van der Waals surface area contributed by atoms with Crippen molar-refractivity contribution in [1.29, 1.82) is 0 Å². The molecule has 162 valence electrons. The highest BCUT2D eigenvalue weighted by Gasteiger charge is 2.33. The molecular weight excluding hydrogens is 394 g/mol. The van der Waals surface area contributed by atoms with Gasteiger partial charge in [0.1, 0.15) is 6.04 Å². The van der Waals surface area contributed by atoms with Gasteiger partial charge in [-0.05, 0) is 37.6 Å². The number of aromatic nitrogens is 1. The number of rotatable bonds is 5. The van der Waals surface area contributed by atoms with Gasteiger partial charge in [-0.1, -0.05) is 23.8 Å². The van der Waals surface area contributed by atoms with Crippen LogP contribution in [0.3, 0.4) is 0 Å². The Kier molecular flexibility index (Phi) is 5.45. The summed E-state index contributed by atoms with van der Waals surface area (Å²) in [6, 6.07) is 10.5. The third kappa shape index (κ3) is 3.88. The number of aryl methyl sites for hydroxylation is 3. The van der Waals surface area contributed by atoms with Crippen molar-refractivity contribution in [2.75, 3.05) is 31.1 Å². The molecule has 1 atom stereocenters. The van der Waals surface area contributed by atoms with Gasteiger partial charge in [0.25, 0.3) is 0 Å². The van der Waals surface area contributed by atoms with Gasteiger partial charge >= 0.3 is 11.9 Å². The van der Waals surface area contributed by atoms with Crippen molar-refractivity contribution >= 4 is 28.5 Å². The zero-order valence-electron chi connectivity index (χ0n) is 18.0. The van der Waals surface area contributed by atoms with Gasteiger partial charge in [0, 0.05) is 61.6 Å². The van der Waals surface area contributed by atoms with Gasteiger partial charge < -0.3 is 19.7 Å². The van der Waals surface area contributed by atoms with Crippen LogP contribution in [0.15, 0.2) is 42.6 Å². The van der Waals surface area contributed by atoms with Crippen LogP contribution in [-0.2, 0) is 11.8 Å². The molecule has 1 aliphatic heterocycles.